The van der Waals surface area contributed by atoms with Crippen LogP contribution < -0.4 is 14.2 Å². The van der Waals surface area contributed by atoms with Gasteiger partial charge in [0.25, 0.3) is 0 Å². The third-order valence-electron chi connectivity index (χ3n) is 3.52. The van der Waals surface area contributed by atoms with Crippen LogP contribution in [0.1, 0.15) is 31.7 Å². The van der Waals surface area contributed by atoms with E-state index >= 15 is 0 Å². The molecule has 5 nitrogen and oxygen atoms in total. The molecule has 0 radical (unpaired) electrons. The van der Waals surface area contributed by atoms with Crippen molar-refractivity contribution >= 4 is 0 Å². The molecule has 21 heavy (non-hydrogen) atoms. The molecule has 0 heterocycles. The molecule has 1 aromatic rings. The topological polar surface area (TPSA) is 68.2 Å². The van der Waals surface area contributed by atoms with E-state index in [0.29, 0.717) is 36.5 Å². The monoisotopic (exact) mass is 298 g/mol. The van der Waals surface area contributed by atoms with Gasteiger partial charge in [-0.15, -0.1) is 0 Å². The zero-order valence-electron chi connectivity index (χ0n) is 13.3. The van der Waals surface area contributed by atoms with Crippen LogP contribution >= 0.6 is 0 Å². The molecule has 120 valence electrons. The number of ether oxygens (including phenoxy) is 3. The zero-order chi connectivity index (χ0) is 15.8. The predicted octanol–water partition coefficient (Wildman–Crippen LogP) is 2.17. The molecule has 0 spiro atoms. The zero-order valence-corrected chi connectivity index (χ0v) is 13.3. The SMILES string of the molecule is CCCC(O)C(O)CCc1ccc(OC)c(OC)c1OC. The number of hydrogen-bond donors (Lipinski definition) is 2. The third kappa shape index (κ3) is 4.51. The first-order valence-corrected chi connectivity index (χ1v) is 7.22. The molecule has 0 aromatic heterocycles. The van der Waals surface area contributed by atoms with E-state index in [-0.39, 0.29) is 0 Å². The number of rotatable bonds is 9. The fourth-order valence-electron chi connectivity index (χ4n) is 2.34. The Labute approximate surface area is 126 Å². The number of benzene rings is 1. The van der Waals surface area contributed by atoms with E-state index < -0.39 is 12.2 Å². The first-order valence-electron chi connectivity index (χ1n) is 7.22. The van der Waals surface area contributed by atoms with E-state index in [1.54, 1.807) is 21.3 Å². The molecule has 0 aliphatic rings. The Bertz CT molecular complexity index is 433. The molecule has 0 saturated carbocycles. The fraction of sp³-hybridized carbons (Fsp3) is 0.625. The lowest BCUT2D eigenvalue weighted by Crippen LogP contribution is -2.26. The summed E-state index contributed by atoms with van der Waals surface area (Å²) in [6.07, 6.45) is 1.09. The van der Waals surface area contributed by atoms with Crippen LogP contribution in [0.2, 0.25) is 0 Å². The van der Waals surface area contributed by atoms with Gasteiger partial charge in [0, 0.05) is 0 Å². The highest BCUT2D eigenvalue weighted by Gasteiger charge is 2.19. The minimum absolute atomic E-state index is 0.465. The second-order valence-corrected chi connectivity index (χ2v) is 4.96. The van der Waals surface area contributed by atoms with Crippen LogP contribution in [0, 0.1) is 0 Å². The first kappa shape index (κ1) is 17.6. The Kier molecular flexibility index (Phi) is 7.32. The van der Waals surface area contributed by atoms with Crippen molar-refractivity contribution in [3.05, 3.63) is 17.7 Å². The van der Waals surface area contributed by atoms with Gasteiger partial charge < -0.3 is 24.4 Å². The molecule has 0 fully saturated rings. The van der Waals surface area contributed by atoms with Gasteiger partial charge in [-0.25, -0.2) is 0 Å². The third-order valence-corrected chi connectivity index (χ3v) is 3.52. The number of aliphatic hydroxyl groups is 2. The highest BCUT2D eigenvalue weighted by molar-refractivity contribution is 5.55. The van der Waals surface area contributed by atoms with Crippen LogP contribution in [-0.2, 0) is 6.42 Å². The largest absolute Gasteiger partial charge is 0.493 e. The molecular formula is C16H26O5. The van der Waals surface area contributed by atoms with E-state index in [0.717, 1.165) is 12.0 Å². The smallest absolute Gasteiger partial charge is 0.203 e. The molecule has 0 bridgehead atoms. The van der Waals surface area contributed by atoms with E-state index in [1.165, 1.54) is 0 Å². The Morgan fingerprint density at radius 2 is 1.52 bits per heavy atom. The summed E-state index contributed by atoms with van der Waals surface area (Å²) in [5.41, 5.74) is 0.915. The standard InChI is InChI=1S/C16H26O5/c1-5-6-12(17)13(18)9-7-11-8-10-14(19-2)16(21-4)15(11)20-3/h8,10,12-13,17-18H,5-7,9H2,1-4H3. The van der Waals surface area contributed by atoms with Crippen molar-refractivity contribution in [2.45, 2.75) is 44.8 Å². The van der Waals surface area contributed by atoms with Crippen molar-refractivity contribution in [2.75, 3.05) is 21.3 Å². The Balaban J connectivity index is 2.84. The van der Waals surface area contributed by atoms with Crippen molar-refractivity contribution in [3.8, 4) is 17.2 Å². The van der Waals surface area contributed by atoms with Crippen LogP contribution in [0.25, 0.3) is 0 Å². The molecule has 0 aliphatic heterocycles. The maximum atomic E-state index is 9.95. The molecular weight excluding hydrogens is 272 g/mol. The summed E-state index contributed by atoms with van der Waals surface area (Å²) in [5.74, 6) is 1.75. The molecule has 1 aromatic carbocycles. The summed E-state index contributed by atoms with van der Waals surface area (Å²) in [7, 11) is 4.70. The molecule has 0 saturated heterocycles. The van der Waals surface area contributed by atoms with Gasteiger partial charge in [0.05, 0.1) is 33.5 Å². The lowest BCUT2D eigenvalue weighted by Gasteiger charge is -2.19. The van der Waals surface area contributed by atoms with Crippen molar-refractivity contribution in [2.24, 2.45) is 0 Å². The summed E-state index contributed by atoms with van der Waals surface area (Å²) < 4.78 is 16.0. The number of methoxy groups -OCH3 is 3. The van der Waals surface area contributed by atoms with Crippen molar-refractivity contribution in [1.82, 2.24) is 0 Å². The Morgan fingerprint density at radius 3 is 2.05 bits per heavy atom. The van der Waals surface area contributed by atoms with Gasteiger partial charge in [-0.2, -0.15) is 0 Å². The highest BCUT2D eigenvalue weighted by Crippen LogP contribution is 2.40. The van der Waals surface area contributed by atoms with E-state index in [1.807, 2.05) is 19.1 Å². The number of aliphatic hydroxyl groups excluding tert-OH is 2. The number of hydrogen-bond acceptors (Lipinski definition) is 5. The van der Waals surface area contributed by atoms with Gasteiger partial charge in [0.1, 0.15) is 0 Å². The van der Waals surface area contributed by atoms with Crippen LogP contribution in [0.4, 0.5) is 0 Å². The molecule has 0 amide bonds. The predicted molar refractivity (Wildman–Crippen MR) is 81.3 cm³/mol. The minimum Gasteiger partial charge on any atom is -0.493 e. The Morgan fingerprint density at radius 1 is 0.905 bits per heavy atom. The van der Waals surface area contributed by atoms with Gasteiger partial charge >= 0.3 is 0 Å². The fourth-order valence-corrected chi connectivity index (χ4v) is 2.34. The Hall–Kier alpha value is -1.46. The van der Waals surface area contributed by atoms with Crippen LogP contribution in [0.15, 0.2) is 12.1 Å². The maximum Gasteiger partial charge on any atom is 0.203 e. The second-order valence-electron chi connectivity index (χ2n) is 4.96. The molecule has 2 atom stereocenters. The molecule has 1 rings (SSSR count). The average Bonchev–Trinajstić information content (AvgIpc) is 2.51. The van der Waals surface area contributed by atoms with E-state index in [2.05, 4.69) is 0 Å². The maximum absolute atomic E-state index is 9.95. The van der Waals surface area contributed by atoms with E-state index in [9.17, 15) is 10.2 Å². The van der Waals surface area contributed by atoms with Crippen LogP contribution in [0.5, 0.6) is 17.2 Å². The average molecular weight is 298 g/mol. The minimum atomic E-state index is -0.734. The van der Waals surface area contributed by atoms with E-state index in [4.69, 9.17) is 14.2 Å². The molecule has 0 aliphatic carbocycles. The van der Waals surface area contributed by atoms with Gasteiger partial charge in [0.2, 0.25) is 5.75 Å². The van der Waals surface area contributed by atoms with Gasteiger partial charge in [-0.1, -0.05) is 19.4 Å². The lowest BCUT2D eigenvalue weighted by atomic mass is 10.00. The van der Waals surface area contributed by atoms with Crippen LogP contribution in [-0.4, -0.2) is 43.8 Å². The summed E-state index contributed by atoms with van der Waals surface area (Å²) in [6.45, 7) is 1.98. The van der Waals surface area contributed by atoms with Crippen molar-refractivity contribution < 1.29 is 24.4 Å². The first-order chi connectivity index (χ1) is 10.1. The molecule has 2 N–H and O–H groups in total. The van der Waals surface area contributed by atoms with Crippen molar-refractivity contribution in [1.29, 1.82) is 0 Å². The van der Waals surface area contributed by atoms with Gasteiger partial charge in [0.15, 0.2) is 11.5 Å². The second kappa shape index (κ2) is 8.74. The quantitative estimate of drug-likeness (QED) is 0.731. The van der Waals surface area contributed by atoms with Crippen molar-refractivity contribution in [3.63, 3.8) is 0 Å². The highest BCUT2D eigenvalue weighted by atomic mass is 16.5. The summed E-state index contributed by atoms with van der Waals surface area (Å²) in [6, 6.07) is 3.70. The summed E-state index contributed by atoms with van der Waals surface area (Å²) in [5, 5.41) is 19.7. The number of aryl methyl sites for hydroxylation is 1. The van der Waals surface area contributed by atoms with Gasteiger partial charge in [-0.3, -0.25) is 0 Å². The normalized spacial score (nSPS) is 13.6. The molecule has 5 heteroatoms. The lowest BCUT2D eigenvalue weighted by molar-refractivity contribution is 0.00973. The summed E-state index contributed by atoms with van der Waals surface area (Å²) >= 11 is 0. The summed E-state index contributed by atoms with van der Waals surface area (Å²) in [4.78, 5) is 0. The van der Waals surface area contributed by atoms with Crippen LogP contribution in [0.3, 0.4) is 0 Å². The van der Waals surface area contributed by atoms with Gasteiger partial charge in [-0.05, 0) is 30.9 Å². The molecule has 2 unspecified atom stereocenters.